The van der Waals surface area contributed by atoms with Crippen molar-refractivity contribution in [1.29, 1.82) is 0 Å². The first-order valence-corrected chi connectivity index (χ1v) is 3.74. The van der Waals surface area contributed by atoms with Gasteiger partial charge in [0, 0.05) is 11.6 Å². The van der Waals surface area contributed by atoms with Gasteiger partial charge in [0.2, 0.25) is 0 Å². The van der Waals surface area contributed by atoms with Crippen LogP contribution in [0.2, 0.25) is 0 Å². The summed E-state index contributed by atoms with van der Waals surface area (Å²) < 4.78 is 16.8. The van der Waals surface area contributed by atoms with Crippen molar-refractivity contribution in [2.24, 2.45) is 0 Å². The van der Waals surface area contributed by atoms with Crippen LogP contribution in [0.1, 0.15) is 5.56 Å². The fourth-order valence-electron chi connectivity index (χ4n) is 0.959. The average molecular weight is 180 g/mol. The number of carbonyl (C=O) groups excluding carboxylic acids is 1. The van der Waals surface area contributed by atoms with Crippen molar-refractivity contribution < 1.29 is 13.9 Å². The maximum Gasteiger partial charge on any atom is 0.324 e. The van der Waals surface area contributed by atoms with Gasteiger partial charge in [-0.05, 0) is 12.1 Å². The smallest absolute Gasteiger partial charge is 0.324 e. The molecule has 0 saturated heterocycles. The Kier molecular flexibility index (Phi) is 3.20. The molecule has 0 bridgehead atoms. The Hall–Kier alpha value is -1.64. The second kappa shape index (κ2) is 4.40. The topological polar surface area (TPSA) is 26.3 Å². The molecule has 0 radical (unpaired) electrons. The molecule has 0 amide bonds. The van der Waals surface area contributed by atoms with E-state index in [0.29, 0.717) is 11.3 Å². The predicted molar refractivity (Wildman–Crippen MR) is 48.1 cm³/mol. The molecule has 1 rings (SSSR count). The van der Waals surface area contributed by atoms with Crippen LogP contribution in [0, 0.1) is 0 Å². The quantitative estimate of drug-likeness (QED) is 0.526. The molecule has 0 fully saturated rings. The van der Waals surface area contributed by atoms with Gasteiger partial charge in [-0.1, -0.05) is 18.2 Å². The van der Waals surface area contributed by atoms with Crippen LogP contribution in [0.25, 0.3) is 6.08 Å². The molecule has 1 aromatic rings. The summed E-state index contributed by atoms with van der Waals surface area (Å²) in [4.78, 5) is 10.0. The molecule has 0 aromatic heterocycles. The highest BCUT2D eigenvalue weighted by Crippen LogP contribution is 2.18. The van der Waals surface area contributed by atoms with E-state index in [1.54, 1.807) is 24.3 Å². The predicted octanol–water partition coefficient (Wildman–Crippen LogP) is 2.20. The Morgan fingerprint density at radius 3 is 2.77 bits per heavy atom. The first kappa shape index (κ1) is 9.45. The van der Waals surface area contributed by atoms with E-state index < -0.39 is 6.04 Å². The fourth-order valence-corrected chi connectivity index (χ4v) is 0.959. The van der Waals surface area contributed by atoms with E-state index in [4.69, 9.17) is 4.74 Å². The van der Waals surface area contributed by atoms with E-state index in [0.717, 1.165) is 6.08 Å². The van der Waals surface area contributed by atoms with Gasteiger partial charge in [0.15, 0.2) is 0 Å². The second-order valence-electron chi connectivity index (χ2n) is 2.38. The van der Waals surface area contributed by atoms with E-state index >= 15 is 0 Å². The summed E-state index contributed by atoms with van der Waals surface area (Å²) in [5, 5.41) is 0. The number of hydrogen-bond acceptors (Lipinski definition) is 2. The molecule has 3 heteroatoms. The van der Waals surface area contributed by atoms with Gasteiger partial charge in [-0.3, -0.25) is 4.79 Å². The standard InChI is InChI=1S/C10H9FO2/c1-13-9-5-3-2-4-8(9)6-7-10(11)12/h2-7H,1H3/b7-6+. The zero-order valence-electron chi connectivity index (χ0n) is 7.16. The van der Waals surface area contributed by atoms with Gasteiger partial charge in [0.25, 0.3) is 0 Å². The number of ether oxygens (including phenoxy) is 1. The summed E-state index contributed by atoms with van der Waals surface area (Å²) >= 11 is 0. The lowest BCUT2D eigenvalue weighted by Crippen LogP contribution is -1.86. The van der Waals surface area contributed by atoms with Crippen LogP contribution in [0.3, 0.4) is 0 Å². The molecule has 0 atom stereocenters. The SMILES string of the molecule is COc1ccccc1/C=C/C(=O)F. The Morgan fingerprint density at radius 1 is 1.46 bits per heavy atom. The van der Waals surface area contributed by atoms with Crippen molar-refractivity contribution in [3.63, 3.8) is 0 Å². The summed E-state index contributed by atoms with van der Waals surface area (Å²) in [7, 11) is 1.52. The van der Waals surface area contributed by atoms with Crippen LogP contribution in [-0.4, -0.2) is 13.1 Å². The molecule has 0 aliphatic carbocycles. The fraction of sp³-hybridized carbons (Fsp3) is 0.100. The highest BCUT2D eigenvalue weighted by molar-refractivity contribution is 5.86. The minimum absolute atomic E-state index is 0.611. The Morgan fingerprint density at radius 2 is 2.15 bits per heavy atom. The molecule has 13 heavy (non-hydrogen) atoms. The molecule has 0 aliphatic heterocycles. The third-order valence-corrected chi connectivity index (χ3v) is 1.53. The summed E-state index contributed by atoms with van der Waals surface area (Å²) in [6.07, 6.45) is 2.24. The van der Waals surface area contributed by atoms with Crippen molar-refractivity contribution in [3.05, 3.63) is 35.9 Å². The average Bonchev–Trinajstić information content (AvgIpc) is 2.15. The molecule has 1 aromatic carbocycles. The molecule has 0 spiro atoms. The van der Waals surface area contributed by atoms with Gasteiger partial charge in [0.1, 0.15) is 5.75 Å². The Balaban J connectivity index is 2.93. The molecule has 68 valence electrons. The second-order valence-corrected chi connectivity index (χ2v) is 2.38. The number of carbonyl (C=O) groups is 1. The van der Waals surface area contributed by atoms with Gasteiger partial charge < -0.3 is 4.74 Å². The number of benzene rings is 1. The van der Waals surface area contributed by atoms with Crippen LogP contribution in [0.4, 0.5) is 4.39 Å². The lowest BCUT2D eigenvalue weighted by Gasteiger charge is -2.02. The van der Waals surface area contributed by atoms with Crippen LogP contribution in [0.15, 0.2) is 30.3 Å². The number of hydrogen-bond donors (Lipinski definition) is 0. The summed E-state index contributed by atoms with van der Waals surface area (Å²) in [5.74, 6) is 0.611. The van der Waals surface area contributed by atoms with Crippen LogP contribution < -0.4 is 4.74 Å². The van der Waals surface area contributed by atoms with Gasteiger partial charge in [0.05, 0.1) is 7.11 Å². The monoisotopic (exact) mass is 180 g/mol. The minimum Gasteiger partial charge on any atom is -0.496 e. The largest absolute Gasteiger partial charge is 0.496 e. The summed E-state index contributed by atoms with van der Waals surface area (Å²) in [6.45, 7) is 0. The van der Waals surface area contributed by atoms with Crippen molar-refractivity contribution in [2.75, 3.05) is 7.11 Å². The van der Waals surface area contributed by atoms with Gasteiger partial charge in [-0.15, -0.1) is 0 Å². The van der Waals surface area contributed by atoms with E-state index in [9.17, 15) is 9.18 Å². The highest BCUT2D eigenvalue weighted by Gasteiger charge is 1.97. The maximum absolute atomic E-state index is 11.9. The summed E-state index contributed by atoms with van der Waals surface area (Å²) in [5.41, 5.74) is 0.677. The normalized spacial score (nSPS) is 10.3. The number of methoxy groups -OCH3 is 1. The molecule has 0 heterocycles. The van der Waals surface area contributed by atoms with E-state index in [1.807, 2.05) is 0 Å². The van der Waals surface area contributed by atoms with Gasteiger partial charge >= 0.3 is 6.04 Å². The third-order valence-electron chi connectivity index (χ3n) is 1.53. The third kappa shape index (κ3) is 2.71. The molecular weight excluding hydrogens is 171 g/mol. The molecule has 0 N–H and O–H groups in total. The molecular formula is C10H9FO2. The van der Waals surface area contributed by atoms with E-state index in [-0.39, 0.29) is 0 Å². The van der Waals surface area contributed by atoms with Gasteiger partial charge in [-0.2, -0.15) is 4.39 Å². The van der Waals surface area contributed by atoms with Crippen molar-refractivity contribution >= 4 is 12.1 Å². The Bertz CT molecular complexity index is 331. The summed E-state index contributed by atoms with van der Waals surface area (Å²) in [6, 6.07) is 5.59. The maximum atomic E-state index is 11.9. The van der Waals surface area contributed by atoms with Crippen LogP contribution in [-0.2, 0) is 4.79 Å². The first-order chi connectivity index (χ1) is 6.24. The Labute approximate surface area is 75.6 Å². The number of para-hydroxylation sites is 1. The van der Waals surface area contributed by atoms with Crippen LogP contribution >= 0.6 is 0 Å². The van der Waals surface area contributed by atoms with Crippen molar-refractivity contribution in [3.8, 4) is 5.75 Å². The lowest BCUT2D eigenvalue weighted by atomic mass is 10.2. The molecule has 0 unspecified atom stereocenters. The van der Waals surface area contributed by atoms with E-state index in [2.05, 4.69) is 0 Å². The van der Waals surface area contributed by atoms with Crippen molar-refractivity contribution in [2.45, 2.75) is 0 Å². The number of allylic oxidation sites excluding steroid dienone is 1. The number of rotatable bonds is 3. The number of halogens is 1. The zero-order chi connectivity index (χ0) is 9.68. The van der Waals surface area contributed by atoms with Crippen LogP contribution in [0.5, 0.6) is 5.75 Å². The lowest BCUT2D eigenvalue weighted by molar-refractivity contribution is -0.124. The van der Waals surface area contributed by atoms with Gasteiger partial charge in [-0.25, -0.2) is 0 Å². The zero-order valence-corrected chi connectivity index (χ0v) is 7.16. The van der Waals surface area contributed by atoms with E-state index in [1.165, 1.54) is 13.2 Å². The molecule has 2 nitrogen and oxygen atoms in total. The highest BCUT2D eigenvalue weighted by atomic mass is 19.1. The molecule has 0 saturated carbocycles. The minimum atomic E-state index is -1.47. The molecule has 0 aliphatic rings. The van der Waals surface area contributed by atoms with Crippen molar-refractivity contribution in [1.82, 2.24) is 0 Å². The first-order valence-electron chi connectivity index (χ1n) is 3.74.